The van der Waals surface area contributed by atoms with E-state index in [2.05, 4.69) is 243 Å². The van der Waals surface area contributed by atoms with Gasteiger partial charge in [0.1, 0.15) is 0 Å². The molecule has 0 N–H and O–H groups in total. The van der Waals surface area contributed by atoms with Gasteiger partial charge >= 0.3 is 0 Å². The third-order valence-electron chi connectivity index (χ3n) is 14.3. The Balaban J connectivity index is 1.11. The molecule has 66 heavy (non-hydrogen) atoms. The first-order chi connectivity index (χ1) is 32.7. The van der Waals surface area contributed by atoms with Crippen LogP contribution in [0.5, 0.6) is 0 Å². The molecule has 0 spiro atoms. The normalized spacial score (nSPS) is 11.9. The minimum atomic E-state index is 1.20. The van der Waals surface area contributed by atoms with Crippen molar-refractivity contribution in [2.24, 2.45) is 0 Å². The topological polar surface area (TPSA) is 0 Å². The molecular weight excluding hydrogens is 793 g/mol. The quantitative estimate of drug-likeness (QED) is 0.152. The van der Waals surface area contributed by atoms with Crippen LogP contribution in [0.15, 0.2) is 243 Å². The van der Waals surface area contributed by atoms with Crippen LogP contribution in [-0.2, 0) is 0 Å². The fourth-order valence-electron chi connectivity index (χ4n) is 11.2. The molecule has 0 fully saturated rings. The zero-order chi connectivity index (χ0) is 43.3. The Kier molecular flexibility index (Phi) is 8.08. The van der Waals surface area contributed by atoms with Gasteiger partial charge in [-0.05, 0) is 178 Å². The second-order valence-electron chi connectivity index (χ2n) is 18.0. The maximum Gasteiger partial charge on any atom is -0.00199 e. The Hall–Kier alpha value is -8.58. The Labute approximate surface area is 382 Å². The molecule has 0 atom stereocenters. The molecule has 0 bridgehead atoms. The SMILES string of the molecule is c1ccc(-c2cc3ccccc3cc2-c2ccc3c(c2)c(-c2ccc4ccccc4c2)c(-c2ccc4ccccc4c2)c2cc(-c4ccc5ccc6cccc7ccc4c5c67)ccc23)cc1. The average molecular weight is 833 g/mol. The lowest BCUT2D eigenvalue weighted by Crippen LogP contribution is -1.94. The molecule has 0 amide bonds. The molecule has 0 nitrogen and oxygen atoms in total. The van der Waals surface area contributed by atoms with Crippen LogP contribution in [-0.4, -0.2) is 0 Å². The van der Waals surface area contributed by atoms with Crippen molar-refractivity contribution in [2.45, 2.75) is 0 Å². The second-order valence-corrected chi connectivity index (χ2v) is 18.0. The van der Waals surface area contributed by atoms with E-state index in [-0.39, 0.29) is 0 Å². The van der Waals surface area contributed by atoms with Crippen molar-refractivity contribution in [2.75, 3.05) is 0 Å². The minimum Gasteiger partial charge on any atom is -0.0622 e. The molecule has 0 unspecified atom stereocenters. The monoisotopic (exact) mass is 832 g/mol. The molecule has 14 aromatic carbocycles. The first-order valence-electron chi connectivity index (χ1n) is 23.0. The van der Waals surface area contributed by atoms with Crippen LogP contribution in [0.4, 0.5) is 0 Å². The highest BCUT2D eigenvalue weighted by molar-refractivity contribution is 6.27. The van der Waals surface area contributed by atoms with Crippen LogP contribution in [0, 0.1) is 0 Å². The van der Waals surface area contributed by atoms with Crippen molar-refractivity contribution >= 4 is 86.2 Å². The predicted molar refractivity (Wildman–Crippen MR) is 285 cm³/mol. The lowest BCUT2D eigenvalue weighted by atomic mass is 9.81. The standard InChI is InChI=1S/C66H40/c1-2-13-43(14-3-1)59-37-49-17-8-9-18-50(49)38-60(59)52-30-33-57-56-32-29-51(55-31-27-46-24-23-44-19-10-20-45-28-34-58(55)64(46)63(44)45)39-61(56)65(53-25-21-41-11-4-6-15-47(41)35-53)66(62(57)40-52)54-26-22-42-12-5-7-16-48(42)36-54/h1-40H. The van der Waals surface area contributed by atoms with Crippen molar-refractivity contribution in [3.05, 3.63) is 243 Å². The third-order valence-corrected chi connectivity index (χ3v) is 14.3. The highest BCUT2D eigenvalue weighted by atomic mass is 14.2. The summed E-state index contributed by atoms with van der Waals surface area (Å²) < 4.78 is 0. The van der Waals surface area contributed by atoms with Crippen LogP contribution in [0.25, 0.3) is 142 Å². The maximum absolute atomic E-state index is 2.49. The molecule has 14 aromatic rings. The van der Waals surface area contributed by atoms with Crippen molar-refractivity contribution < 1.29 is 0 Å². The van der Waals surface area contributed by atoms with Gasteiger partial charge < -0.3 is 0 Å². The number of hydrogen-bond acceptors (Lipinski definition) is 0. The molecule has 0 aromatic heterocycles. The molecule has 0 aliphatic rings. The smallest absolute Gasteiger partial charge is 0.00199 e. The summed E-state index contributed by atoms with van der Waals surface area (Å²) in [6.07, 6.45) is 0. The third kappa shape index (κ3) is 5.72. The van der Waals surface area contributed by atoms with Gasteiger partial charge in [-0.25, -0.2) is 0 Å². The molecule has 0 saturated carbocycles. The van der Waals surface area contributed by atoms with Gasteiger partial charge in [0.15, 0.2) is 0 Å². The summed E-state index contributed by atoms with van der Waals surface area (Å²) in [6.45, 7) is 0. The van der Waals surface area contributed by atoms with Crippen molar-refractivity contribution in [1.29, 1.82) is 0 Å². The largest absolute Gasteiger partial charge is 0.0622 e. The van der Waals surface area contributed by atoms with E-state index >= 15 is 0 Å². The highest BCUT2D eigenvalue weighted by Crippen LogP contribution is 2.49. The van der Waals surface area contributed by atoms with Gasteiger partial charge in [0, 0.05) is 0 Å². The number of benzene rings is 14. The Morgan fingerprint density at radius 2 is 0.561 bits per heavy atom. The fraction of sp³-hybridized carbons (Fsp3) is 0. The van der Waals surface area contributed by atoms with Crippen molar-refractivity contribution in [3.8, 4) is 55.6 Å². The van der Waals surface area contributed by atoms with E-state index in [0.717, 1.165) is 0 Å². The summed E-state index contributed by atoms with van der Waals surface area (Å²) in [5, 5.41) is 20.2. The molecule has 0 aliphatic heterocycles. The molecule has 0 heterocycles. The summed E-state index contributed by atoms with van der Waals surface area (Å²) >= 11 is 0. The van der Waals surface area contributed by atoms with Crippen LogP contribution in [0.2, 0.25) is 0 Å². The van der Waals surface area contributed by atoms with E-state index in [1.165, 1.54) is 142 Å². The van der Waals surface area contributed by atoms with Crippen LogP contribution >= 0.6 is 0 Å². The maximum atomic E-state index is 2.49. The first kappa shape index (κ1) is 36.9. The summed E-state index contributed by atoms with van der Waals surface area (Å²) in [7, 11) is 0. The molecule has 0 aliphatic carbocycles. The van der Waals surface area contributed by atoms with E-state index in [0.29, 0.717) is 0 Å². The molecular formula is C66H40. The Morgan fingerprint density at radius 3 is 1.14 bits per heavy atom. The van der Waals surface area contributed by atoms with E-state index in [1.54, 1.807) is 0 Å². The molecule has 14 rings (SSSR count). The zero-order valence-corrected chi connectivity index (χ0v) is 36.1. The van der Waals surface area contributed by atoms with E-state index in [1.807, 2.05) is 0 Å². The predicted octanol–water partition coefficient (Wildman–Crippen LogP) is 18.7. The van der Waals surface area contributed by atoms with Crippen LogP contribution < -0.4 is 0 Å². The van der Waals surface area contributed by atoms with Gasteiger partial charge in [-0.15, -0.1) is 0 Å². The fourth-order valence-corrected chi connectivity index (χ4v) is 11.2. The Bertz CT molecular complexity index is 4250. The number of rotatable bonds is 5. The van der Waals surface area contributed by atoms with Gasteiger partial charge in [0.05, 0.1) is 0 Å². The van der Waals surface area contributed by atoms with Crippen molar-refractivity contribution in [3.63, 3.8) is 0 Å². The van der Waals surface area contributed by atoms with Crippen molar-refractivity contribution in [1.82, 2.24) is 0 Å². The molecule has 0 saturated heterocycles. The zero-order valence-electron chi connectivity index (χ0n) is 36.1. The van der Waals surface area contributed by atoms with Crippen LogP contribution in [0.1, 0.15) is 0 Å². The summed E-state index contributed by atoms with van der Waals surface area (Å²) in [5.41, 5.74) is 12.2. The first-order valence-corrected chi connectivity index (χ1v) is 23.0. The lowest BCUT2D eigenvalue weighted by molar-refractivity contribution is 1.61. The number of hydrogen-bond donors (Lipinski definition) is 0. The highest BCUT2D eigenvalue weighted by Gasteiger charge is 2.22. The molecule has 304 valence electrons. The summed E-state index contributed by atoms with van der Waals surface area (Å²) in [5.74, 6) is 0. The van der Waals surface area contributed by atoms with Gasteiger partial charge in [-0.1, -0.05) is 206 Å². The number of fused-ring (bicyclic) bond motifs is 6. The van der Waals surface area contributed by atoms with E-state index in [9.17, 15) is 0 Å². The van der Waals surface area contributed by atoms with Gasteiger partial charge in [0.25, 0.3) is 0 Å². The molecule has 0 heteroatoms. The minimum absolute atomic E-state index is 1.20. The van der Waals surface area contributed by atoms with Gasteiger partial charge in [-0.3, -0.25) is 0 Å². The molecule has 0 radical (unpaired) electrons. The van der Waals surface area contributed by atoms with E-state index in [4.69, 9.17) is 0 Å². The summed E-state index contributed by atoms with van der Waals surface area (Å²) in [4.78, 5) is 0. The second kappa shape index (κ2) is 14.5. The summed E-state index contributed by atoms with van der Waals surface area (Å²) in [6, 6.07) is 90.9. The van der Waals surface area contributed by atoms with Gasteiger partial charge in [-0.2, -0.15) is 0 Å². The average Bonchev–Trinajstić information content (AvgIpc) is 3.39. The lowest BCUT2D eigenvalue weighted by Gasteiger charge is -2.22. The van der Waals surface area contributed by atoms with Gasteiger partial charge in [0.2, 0.25) is 0 Å². The van der Waals surface area contributed by atoms with Crippen LogP contribution in [0.3, 0.4) is 0 Å². The van der Waals surface area contributed by atoms with E-state index < -0.39 is 0 Å². The Morgan fingerprint density at radius 1 is 0.167 bits per heavy atom.